The van der Waals surface area contributed by atoms with Crippen LogP contribution in [0, 0.1) is 11.7 Å². The van der Waals surface area contributed by atoms with Crippen LogP contribution in [0.25, 0.3) is 0 Å². The Kier molecular flexibility index (Phi) is 5.53. The number of benzene rings is 1. The Morgan fingerprint density at radius 1 is 1.07 bits per heavy atom. The Morgan fingerprint density at radius 3 is 2.48 bits per heavy atom. The lowest BCUT2D eigenvalue weighted by atomic mass is 10.0. The molecule has 0 radical (unpaired) electrons. The Balaban J connectivity index is 1.32. The van der Waals surface area contributed by atoms with Gasteiger partial charge in [-0.1, -0.05) is 25.0 Å². The Hall–Kier alpha value is -2.21. The molecule has 4 rings (SSSR count). The van der Waals surface area contributed by atoms with Gasteiger partial charge < -0.3 is 5.32 Å². The quantitative estimate of drug-likeness (QED) is 0.866. The second-order valence-electron chi connectivity index (χ2n) is 7.77. The van der Waals surface area contributed by atoms with Crippen LogP contribution in [0.5, 0.6) is 0 Å². The predicted molar refractivity (Wildman–Crippen MR) is 103 cm³/mol. The highest BCUT2D eigenvalue weighted by molar-refractivity contribution is 5.91. The highest BCUT2D eigenvalue weighted by Gasteiger charge is 2.26. The summed E-state index contributed by atoms with van der Waals surface area (Å²) in [6.07, 6.45) is 8.08. The lowest BCUT2D eigenvalue weighted by molar-refractivity contribution is -0.119. The molecule has 0 spiro atoms. The predicted octanol–water partition coefficient (Wildman–Crippen LogP) is 3.99. The Labute approximate surface area is 159 Å². The van der Waals surface area contributed by atoms with Gasteiger partial charge in [-0.15, -0.1) is 0 Å². The summed E-state index contributed by atoms with van der Waals surface area (Å²) in [5.74, 6) is 0.932. The first-order chi connectivity index (χ1) is 13.2. The molecule has 1 N–H and O–H groups in total. The fourth-order valence-corrected chi connectivity index (χ4v) is 4.29. The lowest BCUT2D eigenvalue weighted by Gasteiger charge is -2.32. The van der Waals surface area contributed by atoms with Crippen LogP contribution in [0.2, 0.25) is 0 Å². The first kappa shape index (κ1) is 18.2. The van der Waals surface area contributed by atoms with Gasteiger partial charge in [0.05, 0.1) is 12.2 Å². The maximum Gasteiger partial charge on any atom is 0.228 e. The van der Waals surface area contributed by atoms with Gasteiger partial charge in [0.1, 0.15) is 11.6 Å². The van der Waals surface area contributed by atoms with Crippen molar-refractivity contribution in [1.82, 2.24) is 14.7 Å². The molecule has 1 saturated carbocycles. The van der Waals surface area contributed by atoms with Gasteiger partial charge in [0.15, 0.2) is 0 Å². The zero-order chi connectivity index (χ0) is 18.6. The van der Waals surface area contributed by atoms with Gasteiger partial charge in [-0.05, 0) is 43.4 Å². The van der Waals surface area contributed by atoms with Crippen LogP contribution >= 0.6 is 0 Å². The maximum absolute atomic E-state index is 13.0. The van der Waals surface area contributed by atoms with Crippen molar-refractivity contribution in [1.29, 1.82) is 0 Å². The van der Waals surface area contributed by atoms with Crippen LogP contribution < -0.4 is 5.32 Å². The zero-order valence-electron chi connectivity index (χ0n) is 15.6. The van der Waals surface area contributed by atoms with E-state index < -0.39 is 0 Å². The van der Waals surface area contributed by atoms with E-state index in [2.05, 4.69) is 15.3 Å². The van der Waals surface area contributed by atoms with Crippen LogP contribution in [0.15, 0.2) is 36.5 Å². The van der Waals surface area contributed by atoms with Crippen LogP contribution in [0.3, 0.4) is 0 Å². The van der Waals surface area contributed by atoms with E-state index in [4.69, 9.17) is 0 Å². The van der Waals surface area contributed by atoms with E-state index in [0.717, 1.165) is 69.5 Å². The smallest absolute Gasteiger partial charge is 0.228 e. The van der Waals surface area contributed by atoms with Crippen molar-refractivity contribution in [2.45, 2.75) is 51.1 Å². The zero-order valence-corrected chi connectivity index (χ0v) is 15.6. The summed E-state index contributed by atoms with van der Waals surface area (Å²) in [5, 5.41) is 7.58. The molecule has 2 heterocycles. The number of halogens is 1. The molecule has 144 valence electrons. The highest BCUT2D eigenvalue weighted by Crippen LogP contribution is 2.29. The number of anilines is 1. The molecule has 27 heavy (non-hydrogen) atoms. The van der Waals surface area contributed by atoms with E-state index in [-0.39, 0.29) is 17.6 Å². The van der Waals surface area contributed by atoms with E-state index in [9.17, 15) is 9.18 Å². The summed E-state index contributed by atoms with van der Waals surface area (Å²) in [5.41, 5.74) is 1.14. The fraction of sp³-hybridized carbons (Fsp3) is 0.524. The summed E-state index contributed by atoms with van der Waals surface area (Å²) in [6, 6.07) is 8.95. The van der Waals surface area contributed by atoms with E-state index in [1.807, 2.05) is 22.9 Å². The molecule has 0 bridgehead atoms. The van der Waals surface area contributed by atoms with Gasteiger partial charge >= 0.3 is 0 Å². The minimum atomic E-state index is -0.191. The van der Waals surface area contributed by atoms with Gasteiger partial charge in [0, 0.05) is 31.6 Å². The maximum atomic E-state index is 13.0. The fourth-order valence-electron chi connectivity index (χ4n) is 4.29. The van der Waals surface area contributed by atoms with Gasteiger partial charge in [0.25, 0.3) is 0 Å². The molecule has 1 aromatic carbocycles. The monoisotopic (exact) mass is 370 g/mol. The number of likely N-dealkylation sites (tertiary alicyclic amines) is 1. The summed E-state index contributed by atoms with van der Waals surface area (Å²) in [4.78, 5) is 14.8. The van der Waals surface area contributed by atoms with Crippen LogP contribution in [0.1, 0.15) is 50.1 Å². The number of nitrogens with zero attached hydrogens (tertiary/aromatic N) is 3. The largest absolute Gasteiger partial charge is 0.311 e. The van der Waals surface area contributed by atoms with Gasteiger partial charge in [-0.25, -0.2) is 9.07 Å². The average Bonchev–Trinajstić information content (AvgIpc) is 3.36. The molecular formula is C21H27FN4O. The van der Waals surface area contributed by atoms with Crippen molar-refractivity contribution < 1.29 is 9.18 Å². The average molecular weight is 370 g/mol. The molecule has 2 fully saturated rings. The number of hydrogen-bond acceptors (Lipinski definition) is 3. The van der Waals surface area contributed by atoms with Gasteiger partial charge in [-0.2, -0.15) is 5.10 Å². The molecule has 2 aliphatic rings. The Bertz CT molecular complexity index is 759. The van der Waals surface area contributed by atoms with Crippen molar-refractivity contribution in [2.24, 2.45) is 5.92 Å². The minimum Gasteiger partial charge on any atom is -0.311 e. The molecule has 1 saturated heterocycles. The lowest BCUT2D eigenvalue weighted by Crippen LogP contribution is -2.35. The first-order valence-corrected chi connectivity index (χ1v) is 10.0. The number of carbonyl (C=O) groups excluding carboxylic acids is 1. The van der Waals surface area contributed by atoms with E-state index >= 15 is 0 Å². The minimum absolute atomic E-state index is 0.142. The number of aromatic nitrogens is 2. The van der Waals surface area contributed by atoms with E-state index in [1.54, 1.807) is 6.20 Å². The number of carbonyl (C=O) groups is 1. The van der Waals surface area contributed by atoms with E-state index in [0.29, 0.717) is 6.04 Å². The number of hydrogen-bond donors (Lipinski definition) is 1. The molecule has 0 unspecified atom stereocenters. The van der Waals surface area contributed by atoms with Crippen molar-refractivity contribution in [3.8, 4) is 0 Å². The third-order valence-corrected chi connectivity index (χ3v) is 5.87. The topological polar surface area (TPSA) is 50.2 Å². The van der Waals surface area contributed by atoms with Crippen LogP contribution in [-0.4, -0.2) is 33.7 Å². The Morgan fingerprint density at radius 2 is 1.78 bits per heavy atom. The van der Waals surface area contributed by atoms with Gasteiger partial charge in [-0.3, -0.25) is 9.69 Å². The number of nitrogens with one attached hydrogen (secondary N) is 1. The standard InChI is InChI=1S/C21H27FN4O/c22-18-7-5-16(6-8-18)15-25-13-10-19(11-14-25)26-20(9-12-23-26)24-21(27)17-3-1-2-4-17/h5-9,12,17,19H,1-4,10-11,13-15H2,(H,24,27). The summed E-state index contributed by atoms with van der Waals surface area (Å²) >= 11 is 0. The van der Waals surface area contributed by atoms with Gasteiger partial charge in [0.2, 0.25) is 5.91 Å². The number of amides is 1. The highest BCUT2D eigenvalue weighted by atomic mass is 19.1. The van der Waals surface area contributed by atoms with Crippen LogP contribution in [0.4, 0.5) is 10.2 Å². The molecule has 1 aromatic heterocycles. The third-order valence-electron chi connectivity index (χ3n) is 5.87. The second kappa shape index (κ2) is 8.21. The van der Waals surface area contributed by atoms with Crippen LogP contribution in [-0.2, 0) is 11.3 Å². The molecule has 1 aliphatic heterocycles. The molecular weight excluding hydrogens is 343 g/mol. The number of rotatable bonds is 5. The number of piperidine rings is 1. The normalized spacial score (nSPS) is 19.4. The van der Waals surface area contributed by atoms with Crippen molar-refractivity contribution in [3.05, 3.63) is 47.9 Å². The molecule has 1 amide bonds. The van der Waals surface area contributed by atoms with Crippen molar-refractivity contribution >= 4 is 11.7 Å². The molecule has 2 aromatic rings. The van der Waals surface area contributed by atoms with Crippen molar-refractivity contribution in [3.63, 3.8) is 0 Å². The summed E-state index contributed by atoms with van der Waals surface area (Å²) in [7, 11) is 0. The first-order valence-electron chi connectivity index (χ1n) is 10.0. The summed E-state index contributed by atoms with van der Waals surface area (Å²) < 4.78 is 15.0. The molecule has 0 atom stereocenters. The molecule has 6 heteroatoms. The third kappa shape index (κ3) is 4.38. The van der Waals surface area contributed by atoms with E-state index in [1.165, 1.54) is 12.1 Å². The van der Waals surface area contributed by atoms with Crippen molar-refractivity contribution in [2.75, 3.05) is 18.4 Å². The molecule has 1 aliphatic carbocycles. The second-order valence-corrected chi connectivity index (χ2v) is 7.77. The summed E-state index contributed by atoms with van der Waals surface area (Å²) in [6.45, 7) is 2.78. The SMILES string of the molecule is O=C(Nc1ccnn1C1CCN(Cc2ccc(F)cc2)CC1)C1CCCC1. The molecule has 5 nitrogen and oxygen atoms in total.